The second-order valence-corrected chi connectivity index (χ2v) is 14.7. The molecule has 14 nitrogen and oxygen atoms in total. The third-order valence-corrected chi connectivity index (χ3v) is 11.5. The largest absolute Gasteiger partial charge is 0.461 e. The number of ether oxygens (including phenoxy) is 2. The molecule has 15 heteroatoms. The summed E-state index contributed by atoms with van der Waals surface area (Å²) in [4.78, 5) is 47.6. The van der Waals surface area contributed by atoms with Crippen LogP contribution < -0.4 is 15.8 Å². The van der Waals surface area contributed by atoms with Gasteiger partial charge in [0.25, 0.3) is 5.56 Å². The lowest BCUT2D eigenvalue weighted by atomic mass is 9.97. The Morgan fingerprint density at radius 2 is 1.98 bits per heavy atom. The predicted molar refractivity (Wildman–Crippen MR) is 194 cm³/mol. The summed E-state index contributed by atoms with van der Waals surface area (Å²) in [7, 11) is 1.76. The number of pyridine rings is 1. The van der Waals surface area contributed by atoms with E-state index in [9.17, 15) is 14.7 Å². The monoisotopic (exact) mass is 711 g/mol. The Hall–Kier alpha value is -4.70. The first-order chi connectivity index (χ1) is 24.7. The molecular formula is C36H41N9O5S. The van der Waals surface area contributed by atoms with Crippen molar-refractivity contribution in [2.45, 2.75) is 64.4 Å². The molecule has 4 aliphatic rings. The highest BCUT2D eigenvalue weighted by Gasteiger charge is 2.33. The van der Waals surface area contributed by atoms with Crippen molar-refractivity contribution in [2.24, 2.45) is 0 Å². The highest BCUT2D eigenvalue weighted by molar-refractivity contribution is 7.19. The number of nitrogens with one attached hydrogen (secondary N) is 1. The number of piperazine rings is 1. The van der Waals surface area contributed by atoms with Crippen molar-refractivity contribution in [1.82, 2.24) is 34.5 Å². The number of nitrogens with zero attached hydrogens (tertiary/aromatic N) is 8. The van der Waals surface area contributed by atoms with E-state index in [4.69, 9.17) is 14.5 Å². The molecule has 266 valence electrons. The van der Waals surface area contributed by atoms with Gasteiger partial charge in [0.05, 0.1) is 43.5 Å². The van der Waals surface area contributed by atoms with Gasteiger partial charge in [0.1, 0.15) is 22.9 Å². The molecule has 1 unspecified atom stereocenters. The molecule has 0 spiro atoms. The van der Waals surface area contributed by atoms with Crippen LogP contribution in [0.15, 0.2) is 53.6 Å². The zero-order chi connectivity index (χ0) is 35.2. The summed E-state index contributed by atoms with van der Waals surface area (Å²) in [5.74, 6) is 1.10. The molecule has 0 aromatic carbocycles. The van der Waals surface area contributed by atoms with Crippen molar-refractivity contribution in [1.29, 1.82) is 0 Å². The maximum atomic E-state index is 13.9. The number of aliphatic hydroxyl groups is 1. The van der Waals surface area contributed by atoms with Gasteiger partial charge in [-0.25, -0.2) is 15.0 Å². The molecule has 0 amide bonds. The number of carbonyl (C=O) groups is 1. The highest BCUT2D eigenvalue weighted by Crippen LogP contribution is 2.35. The number of fused-ring (bicyclic) bond motifs is 3. The number of carbonyl (C=O) groups excluding carboxylic acids is 1. The molecular weight excluding hydrogens is 671 g/mol. The quantitative estimate of drug-likeness (QED) is 0.258. The van der Waals surface area contributed by atoms with Crippen LogP contribution in [-0.4, -0.2) is 104 Å². The maximum absolute atomic E-state index is 13.9. The number of aryl methyl sites for hydroxylation is 2. The Morgan fingerprint density at radius 1 is 1.14 bits per heavy atom. The number of anilines is 2. The Kier molecular flexibility index (Phi) is 9.04. The van der Waals surface area contributed by atoms with E-state index in [0.29, 0.717) is 39.0 Å². The van der Waals surface area contributed by atoms with Gasteiger partial charge < -0.3 is 29.7 Å². The lowest BCUT2D eigenvalue weighted by molar-refractivity contribution is -0.142. The fraction of sp³-hybridized carbons (Fsp3) is 0.444. The molecule has 4 aromatic heterocycles. The summed E-state index contributed by atoms with van der Waals surface area (Å²) in [6, 6.07) is 2.59. The van der Waals surface area contributed by atoms with Gasteiger partial charge in [-0.2, -0.15) is 9.78 Å². The van der Waals surface area contributed by atoms with Gasteiger partial charge in [0.15, 0.2) is 12.0 Å². The summed E-state index contributed by atoms with van der Waals surface area (Å²) in [6.07, 6.45) is 13.6. The van der Waals surface area contributed by atoms with Crippen LogP contribution in [0.5, 0.6) is 0 Å². The lowest BCUT2D eigenvalue weighted by Crippen LogP contribution is -2.59. The number of allylic oxidation sites excluding steroid dienone is 2. The third kappa shape index (κ3) is 6.39. The van der Waals surface area contributed by atoms with Gasteiger partial charge >= 0.3 is 5.97 Å². The van der Waals surface area contributed by atoms with E-state index in [-0.39, 0.29) is 24.0 Å². The smallest absolute Gasteiger partial charge is 0.302 e. The van der Waals surface area contributed by atoms with Gasteiger partial charge in [0, 0.05) is 73.4 Å². The van der Waals surface area contributed by atoms with E-state index in [1.54, 1.807) is 49.0 Å². The average molecular weight is 712 g/mol. The first-order valence-corrected chi connectivity index (χ1v) is 18.2. The summed E-state index contributed by atoms with van der Waals surface area (Å²) in [5, 5.41) is 19.9. The topological polar surface area (TPSA) is 151 Å². The van der Waals surface area contributed by atoms with Crippen molar-refractivity contribution >= 4 is 44.6 Å². The van der Waals surface area contributed by atoms with Crippen molar-refractivity contribution in [2.75, 3.05) is 50.1 Å². The van der Waals surface area contributed by atoms with Crippen molar-refractivity contribution in [3.05, 3.63) is 80.7 Å². The zero-order valence-electron chi connectivity index (χ0n) is 28.9. The van der Waals surface area contributed by atoms with Crippen molar-refractivity contribution < 1.29 is 19.4 Å². The first kappa shape index (κ1) is 33.4. The zero-order valence-corrected chi connectivity index (χ0v) is 29.7. The van der Waals surface area contributed by atoms with Crippen LogP contribution in [0.4, 0.5) is 11.6 Å². The number of hydrogen-bond donors (Lipinski definition) is 2. The molecule has 8 rings (SSSR count). The number of aliphatic hydroxyl groups excluding tert-OH is 1. The summed E-state index contributed by atoms with van der Waals surface area (Å²) in [5.41, 5.74) is 3.32. The van der Waals surface area contributed by atoms with Gasteiger partial charge in [0.2, 0.25) is 0 Å². The fourth-order valence-corrected chi connectivity index (χ4v) is 8.65. The van der Waals surface area contributed by atoms with Crippen LogP contribution in [0.1, 0.15) is 48.3 Å². The number of aromatic nitrogens is 5. The first-order valence-electron chi connectivity index (χ1n) is 17.4. The Balaban J connectivity index is 1.09. The highest BCUT2D eigenvalue weighted by atomic mass is 32.1. The molecule has 7 heterocycles. The Labute approximate surface area is 299 Å². The SMILES string of the molecule is CC(=O)OCc1c(C2=CN(C)C(O)C(Nc3cnc(N4CCN(C5COC5)C[C@@H]4C)cn3)=C2)ccnc1-n1ncc2c3c(sc2c1=O)CCCC3. The minimum atomic E-state index is -0.992. The summed E-state index contributed by atoms with van der Waals surface area (Å²) >= 11 is 1.54. The molecule has 2 N–H and O–H groups in total. The number of esters is 1. The van der Waals surface area contributed by atoms with Crippen molar-refractivity contribution in [3.8, 4) is 5.82 Å². The molecule has 0 saturated carbocycles. The van der Waals surface area contributed by atoms with Crippen LogP contribution in [0, 0.1) is 0 Å². The van der Waals surface area contributed by atoms with Crippen LogP contribution in [0.2, 0.25) is 0 Å². The van der Waals surface area contributed by atoms with E-state index in [0.717, 1.165) is 69.7 Å². The van der Waals surface area contributed by atoms with Crippen LogP contribution in [0.3, 0.4) is 0 Å². The van der Waals surface area contributed by atoms with Gasteiger partial charge in [-0.1, -0.05) is 0 Å². The molecule has 0 radical (unpaired) electrons. The van der Waals surface area contributed by atoms with E-state index in [2.05, 4.69) is 37.1 Å². The predicted octanol–water partition coefficient (Wildman–Crippen LogP) is 3.08. The van der Waals surface area contributed by atoms with E-state index >= 15 is 0 Å². The van der Waals surface area contributed by atoms with Gasteiger partial charge in [-0.15, -0.1) is 11.3 Å². The third-order valence-electron chi connectivity index (χ3n) is 10.2. The van der Waals surface area contributed by atoms with E-state index < -0.39 is 12.2 Å². The molecule has 4 aromatic rings. The molecule has 2 atom stereocenters. The Morgan fingerprint density at radius 3 is 2.73 bits per heavy atom. The van der Waals surface area contributed by atoms with Crippen LogP contribution in [-0.2, 0) is 33.7 Å². The van der Waals surface area contributed by atoms with E-state index in [1.165, 1.54) is 33.4 Å². The van der Waals surface area contributed by atoms with Crippen LogP contribution in [0.25, 0.3) is 21.5 Å². The maximum Gasteiger partial charge on any atom is 0.302 e. The summed E-state index contributed by atoms with van der Waals surface area (Å²) < 4.78 is 12.8. The molecule has 1 aliphatic carbocycles. The minimum absolute atomic E-state index is 0.130. The lowest BCUT2D eigenvalue weighted by Gasteiger charge is -2.46. The molecule has 2 fully saturated rings. The number of hydrogen-bond acceptors (Lipinski definition) is 14. The second kappa shape index (κ2) is 13.8. The molecule has 51 heavy (non-hydrogen) atoms. The second-order valence-electron chi connectivity index (χ2n) is 13.6. The normalized spacial score (nSPS) is 21.2. The van der Waals surface area contributed by atoms with Crippen molar-refractivity contribution in [3.63, 3.8) is 0 Å². The van der Waals surface area contributed by atoms with Crippen LogP contribution >= 0.6 is 11.3 Å². The molecule has 3 aliphatic heterocycles. The minimum Gasteiger partial charge on any atom is -0.461 e. The molecule has 2 saturated heterocycles. The fourth-order valence-electron chi connectivity index (χ4n) is 7.36. The standard InChI is InChI=1S/C36H41N9O5S/c1-21-16-43(24-18-49-19-24)10-11-44(21)32-15-38-31(14-39-32)41-29-12-23(17-42(3)35(29)47)25-8-9-37-34(28(25)20-50-22(2)46)45-36(48)33-27(13-40-45)26-6-4-5-7-30(26)51-33/h8-9,12-15,17,21,24,35,47H,4-7,10-11,16,18-20H2,1-3H3,(H,38,41)/t21-,35?/m0/s1. The molecule has 0 bridgehead atoms. The number of likely N-dealkylation sites (N-methyl/N-ethyl adjacent to an activating group) is 1. The van der Waals surface area contributed by atoms with Gasteiger partial charge in [-0.05, 0) is 55.9 Å². The summed E-state index contributed by atoms with van der Waals surface area (Å²) in [6.45, 7) is 7.78. The van der Waals surface area contributed by atoms with Gasteiger partial charge in [-0.3, -0.25) is 14.5 Å². The number of thiophene rings is 1. The Bertz CT molecular complexity index is 2090. The van der Waals surface area contributed by atoms with E-state index in [1.807, 2.05) is 6.08 Å². The number of rotatable bonds is 8. The average Bonchev–Trinajstić information content (AvgIpc) is 3.49.